The summed E-state index contributed by atoms with van der Waals surface area (Å²) in [7, 11) is -3.35. The van der Waals surface area contributed by atoms with Crippen molar-refractivity contribution in [2.75, 3.05) is 6.54 Å². The molecular formula is C13H22N2O2S2. The summed E-state index contributed by atoms with van der Waals surface area (Å²) in [6, 6.07) is 1.84. The predicted octanol–water partition coefficient (Wildman–Crippen LogP) is 2.47. The third-order valence-corrected chi connectivity index (χ3v) is 6.04. The lowest BCUT2D eigenvalue weighted by molar-refractivity contribution is 0.551. The zero-order chi connectivity index (χ0) is 13.7. The molecule has 0 unspecified atom stereocenters. The first kappa shape index (κ1) is 15.0. The molecule has 0 saturated heterocycles. The van der Waals surface area contributed by atoms with E-state index in [0.29, 0.717) is 11.4 Å². The van der Waals surface area contributed by atoms with E-state index >= 15 is 0 Å². The van der Waals surface area contributed by atoms with Gasteiger partial charge in [0.1, 0.15) is 0 Å². The van der Waals surface area contributed by atoms with Crippen LogP contribution in [0.15, 0.2) is 16.3 Å². The van der Waals surface area contributed by atoms with E-state index in [4.69, 9.17) is 0 Å². The normalized spacial score (nSPS) is 17.1. The van der Waals surface area contributed by atoms with Crippen LogP contribution in [0, 0.1) is 0 Å². The van der Waals surface area contributed by atoms with Crippen molar-refractivity contribution >= 4 is 21.4 Å². The minimum atomic E-state index is -3.35. The fraction of sp³-hybridized carbons (Fsp3) is 0.692. The quantitative estimate of drug-likeness (QED) is 0.761. The molecule has 6 heteroatoms. The van der Waals surface area contributed by atoms with E-state index in [1.165, 1.54) is 11.3 Å². The molecule has 108 valence electrons. The van der Waals surface area contributed by atoms with Gasteiger partial charge < -0.3 is 5.32 Å². The highest BCUT2D eigenvalue weighted by Gasteiger charge is 2.25. The smallest absolute Gasteiger partial charge is 0.241 e. The number of hydrogen-bond acceptors (Lipinski definition) is 4. The first-order valence-corrected chi connectivity index (χ1v) is 9.29. The van der Waals surface area contributed by atoms with E-state index in [9.17, 15) is 8.42 Å². The number of sulfonamides is 1. The summed E-state index contributed by atoms with van der Waals surface area (Å²) in [6.07, 6.45) is 5.23. The number of hydrogen-bond donors (Lipinski definition) is 2. The van der Waals surface area contributed by atoms with Crippen molar-refractivity contribution in [3.63, 3.8) is 0 Å². The molecule has 0 aliphatic heterocycles. The van der Waals surface area contributed by atoms with Gasteiger partial charge in [-0.3, -0.25) is 0 Å². The van der Waals surface area contributed by atoms with E-state index < -0.39 is 10.0 Å². The van der Waals surface area contributed by atoms with Gasteiger partial charge in [-0.15, -0.1) is 11.3 Å². The summed E-state index contributed by atoms with van der Waals surface area (Å²) in [5, 5.41) is 5.12. The van der Waals surface area contributed by atoms with Gasteiger partial charge in [0.15, 0.2) is 0 Å². The second-order valence-electron chi connectivity index (χ2n) is 4.99. The Kier molecular flexibility index (Phi) is 5.38. The van der Waals surface area contributed by atoms with Crippen LogP contribution in [0.25, 0.3) is 0 Å². The highest BCUT2D eigenvalue weighted by molar-refractivity contribution is 7.89. The van der Waals surface area contributed by atoms with Gasteiger partial charge in [0.2, 0.25) is 10.0 Å². The fourth-order valence-electron chi connectivity index (χ4n) is 2.40. The minimum absolute atomic E-state index is 0.126. The highest BCUT2D eigenvalue weighted by Crippen LogP contribution is 2.25. The Labute approximate surface area is 119 Å². The number of rotatable bonds is 7. The molecule has 0 spiro atoms. The van der Waals surface area contributed by atoms with Crippen LogP contribution in [0.1, 0.15) is 43.9 Å². The molecule has 1 aliphatic rings. The Bertz CT molecular complexity index is 490. The second-order valence-corrected chi connectivity index (χ2v) is 7.67. The van der Waals surface area contributed by atoms with E-state index in [2.05, 4.69) is 17.0 Å². The minimum Gasteiger partial charge on any atom is -0.312 e. The van der Waals surface area contributed by atoms with Crippen molar-refractivity contribution < 1.29 is 8.42 Å². The van der Waals surface area contributed by atoms with Crippen LogP contribution in [0.2, 0.25) is 0 Å². The molecule has 1 aliphatic carbocycles. The summed E-state index contributed by atoms with van der Waals surface area (Å²) in [5.74, 6) is 0. The highest BCUT2D eigenvalue weighted by atomic mass is 32.2. The van der Waals surface area contributed by atoms with Crippen LogP contribution in [0.5, 0.6) is 0 Å². The Morgan fingerprint density at radius 2 is 2.11 bits per heavy atom. The molecule has 0 radical (unpaired) electrons. The standard InChI is InChI=1S/C13H22N2O2S2/c1-2-8-14-10-12-13(7-9-18-12)19(16,17)15-11-5-3-4-6-11/h7,9,11,14-15H,2-6,8,10H2,1H3. The van der Waals surface area contributed by atoms with Gasteiger partial charge in [0, 0.05) is 17.5 Å². The zero-order valence-electron chi connectivity index (χ0n) is 11.3. The van der Waals surface area contributed by atoms with Crippen LogP contribution in [-0.2, 0) is 16.6 Å². The third-order valence-electron chi connectivity index (χ3n) is 3.38. The molecule has 1 heterocycles. The van der Waals surface area contributed by atoms with Gasteiger partial charge in [-0.2, -0.15) is 0 Å². The molecule has 1 saturated carbocycles. The summed E-state index contributed by atoms with van der Waals surface area (Å²) < 4.78 is 27.6. The van der Waals surface area contributed by atoms with Crippen molar-refractivity contribution in [2.45, 2.75) is 56.5 Å². The monoisotopic (exact) mass is 302 g/mol. The van der Waals surface area contributed by atoms with Crippen LogP contribution < -0.4 is 10.0 Å². The molecule has 0 atom stereocenters. The van der Waals surface area contributed by atoms with Crippen LogP contribution in [0.4, 0.5) is 0 Å². The van der Waals surface area contributed by atoms with Crippen molar-refractivity contribution in [3.8, 4) is 0 Å². The maximum atomic E-state index is 12.4. The molecule has 1 fully saturated rings. The molecule has 1 aromatic rings. The van der Waals surface area contributed by atoms with Crippen LogP contribution >= 0.6 is 11.3 Å². The molecular weight excluding hydrogens is 280 g/mol. The van der Waals surface area contributed by atoms with Crippen molar-refractivity contribution in [1.82, 2.24) is 10.0 Å². The van der Waals surface area contributed by atoms with Crippen molar-refractivity contribution in [3.05, 3.63) is 16.3 Å². The molecule has 0 aromatic carbocycles. The van der Waals surface area contributed by atoms with Gasteiger partial charge in [-0.05, 0) is 37.3 Å². The largest absolute Gasteiger partial charge is 0.312 e. The lowest BCUT2D eigenvalue weighted by Gasteiger charge is -2.13. The van der Waals surface area contributed by atoms with E-state index in [1.54, 1.807) is 6.07 Å². The van der Waals surface area contributed by atoms with Gasteiger partial charge >= 0.3 is 0 Å². The van der Waals surface area contributed by atoms with Crippen LogP contribution in [-0.4, -0.2) is 21.0 Å². The first-order chi connectivity index (χ1) is 9.13. The van der Waals surface area contributed by atoms with E-state index in [1.807, 2.05) is 5.38 Å². The molecule has 4 nitrogen and oxygen atoms in total. The molecule has 0 amide bonds. The van der Waals surface area contributed by atoms with Gasteiger partial charge in [-0.1, -0.05) is 19.8 Å². The Morgan fingerprint density at radius 3 is 2.79 bits per heavy atom. The maximum absolute atomic E-state index is 12.4. The molecule has 0 bridgehead atoms. The summed E-state index contributed by atoms with van der Waals surface area (Å²) in [4.78, 5) is 1.35. The lowest BCUT2D eigenvalue weighted by atomic mass is 10.3. The summed E-state index contributed by atoms with van der Waals surface area (Å²) >= 11 is 1.50. The summed E-state index contributed by atoms with van der Waals surface area (Å²) in [5.41, 5.74) is 0. The van der Waals surface area contributed by atoms with Gasteiger partial charge in [0.25, 0.3) is 0 Å². The van der Waals surface area contributed by atoms with Crippen LogP contribution in [0.3, 0.4) is 0 Å². The van der Waals surface area contributed by atoms with Crippen molar-refractivity contribution in [1.29, 1.82) is 0 Å². The average molecular weight is 302 g/mol. The van der Waals surface area contributed by atoms with Crippen molar-refractivity contribution in [2.24, 2.45) is 0 Å². The number of nitrogens with one attached hydrogen (secondary N) is 2. The first-order valence-electron chi connectivity index (χ1n) is 6.93. The third kappa shape index (κ3) is 4.02. The second kappa shape index (κ2) is 6.83. The topological polar surface area (TPSA) is 58.2 Å². The molecule has 1 aromatic heterocycles. The Balaban J connectivity index is 2.04. The summed E-state index contributed by atoms with van der Waals surface area (Å²) in [6.45, 7) is 3.64. The lowest BCUT2D eigenvalue weighted by Crippen LogP contribution is -2.33. The molecule has 19 heavy (non-hydrogen) atoms. The SMILES string of the molecule is CCCNCc1sccc1S(=O)(=O)NC1CCCC1. The molecule has 2 N–H and O–H groups in total. The van der Waals surface area contributed by atoms with E-state index in [-0.39, 0.29) is 6.04 Å². The maximum Gasteiger partial charge on any atom is 0.241 e. The predicted molar refractivity (Wildman–Crippen MR) is 78.9 cm³/mol. The van der Waals surface area contributed by atoms with E-state index in [0.717, 1.165) is 43.5 Å². The Hall–Kier alpha value is -0.430. The van der Waals surface area contributed by atoms with Gasteiger partial charge in [0.05, 0.1) is 4.90 Å². The number of thiophene rings is 1. The Morgan fingerprint density at radius 1 is 1.37 bits per heavy atom. The molecule has 2 rings (SSSR count). The zero-order valence-corrected chi connectivity index (χ0v) is 12.9. The average Bonchev–Trinajstić information content (AvgIpc) is 3.00. The van der Waals surface area contributed by atoms with Gasteiger partial charge in [-0.25, -0.2) is 13.1 Å². The fourth-order valence-corrected chi connectivity index (χ4v) is 5.12.